The van der Waals surface area contributed by atoms with Crippen LogP contribution < -0.4 is 10.2 Å². The van der Waals surface area contributed by atoms with Gasteiger partial charge in [-0.05, 0) is 12.1 Å². The number of nitro groups is 2. The molecule has 0 spiro atoms. The minimum Gasteiger partial charge on any atom is -0.477 e. The topological polar surface area (TPSA) is 150 Å². The second-order valence-corrected chi connectivity index (χ2v) is 4.24. The Morgan fingerprint density at radius 1 is 1.21 bits per heavy atom. The van der Waals surface area contributed by atoms with E-state index < -0.39 is 28.2 Å². The molecule has 1 heterocycles. The maximum Gasteiger partial charge on any atom is 0.433 e. The quantitative estimate of drug-likeness (QED) is 0.459. The highest BCUT2D eigenvalue weighted by molar-refractivity contribution is 5.81. The number of nitrogens with zero attached hydrogens (tertiary/aromatic N) is 3. The van der Waals surface area contributed by atoms with Crippen LogP contribution in [0.3, 0.4) is 0 Å². The molecule has 1 aromatic carbocycles. The van der Waals surface area contributed by atoms with Gasteiger partial charge in [0.1, 0.15) is 4.92 Å². The average molecular weight is 334 g/mol. The molecule has 0 bridgehead atoms. The number of para-hydroxylation sites is 2. The molecule has 1 N–H and O–H groups in total. The Balaban J connectivity index is 1.86. The predicted molar refractivity (Wildman–Crippen MR) is 79.7 cm³/mol. The van der Waals surface area contributed by atoms with Crippen LogP contribution in [0.5, 0.6) is 5.75 Å². The van der Waals surface area contributed by atoms with E-state index in [0.29, 0.717) is 0 Å². The third-order valence-corrected chi connectivity index (χ3v) is 2.59. The van der Waals surface area contributed by atoms with Gasteiger partial charge in [-0.25, -0.2) is 5.43 Å². The highest BCUT2D eigenvalue weighted by atomic mass is 16.6. The smallest absolute Gasteiger partial charge is 0.433 e. The first-order valence-electron chi connectivity index (χ1n) is 6.39. The fraction of sp³-hybridized carbons (Fsp3) is 0.0769. The summed E-state index contributed by atoms with van der Waals surface area (Å²) in [5.41, 5.74) is 1.83. The monoisotopic (exact) mass is 334 g/mol. The molecule has 0 aliphatic rings. The Morgan fingerprint density at radius 3 is 2.62 bits per heavy atom. The van der Waals surface area contributed by atoms with E-state index in [1.54, 1.807) is 0 Å². The number of ether oxygens (including phenoxy) is 1. The molecule has 2 aromatic rings. The van der Waals surface area contributed by atoms with Crippen molar-refractivity contribution in [3.63, 3.8) is 0 Å². The molecule has 0 fully saturated rings. The van der Waals surface area contributed by atoms with Crippen LogP contribution in [0, 0.1) is 20.2 Å². The minimum absolute atomic E-state index is 0.0525. The molecule has 11 nitrogen and oxygen atoms in total. The van der Waals surface area contributed by atoms with Gasteiger partial charge in [-0.3, -0.25) is 25.0 Å². The summed E-state index contributed by atoms with van der Waals surface area (Å²) < 4.78 is 9.85. The van der Waals surface area contributed by atoms with Gasteiger partial charge in [0.2, 0.25) is 0 Å². The van der Waals surface area contributed by atoms with Gasteiger partial charge < -0.3 is 9.15 Å². The van der Waals surface area contributed by atoms with Crippen LogP contribution in [0.25, 0.3) is 0 Å². The molecule has 0 atom stereocenters. The number of amides is 1. The number of hydrogen-bond acceptors (Lipinski definition) is 8. The Labute approximate surface area is 133 Å². The maximum atomic E-state index is 11.5. The first-order valence-corrected chi connectivity index (χ1v) is 6.39. The van der Waals surface area contributed by atoms with Crippen LogP contribution >= 0.6 is 0 Å². The summed E-state index contributed by atoms with van der Waals surface area (Å²) in [5, 5.41) is 24.7. The van der Waals surface area contributed by atoms with E-state index >= 15 is 0 Å². The van der Waals surface area contributed by atoms with Gasteiger partial charge in [0.15, 0.2) is 18.1 Å². The minimum atomic E-state index is -0.712. The second kappa shape index (κ2) is 7.49. The lowest BCUT2D eigenvalue weighted by Crippen LogP contribution is -2.24. The van der Waals surface area contributed by atoms with Gasteiger partial charge in [0, 0.05) is 6.07 Å². The molecule has 1 amide bonds. The normalized spacial score (nSPS) is 10.5. The third-order valence-electron chi connectivity index (χ3n) is 2.59. The summed E-state index contributed by atoms with van der Waals surface area (Å²) in [6.07, 6.45) is 1.07. The predicted octanol–water partition coefficient (Wildman–Crippen LogP) is 1.63. The molecular weight excluding hydrogens is 324 g/mol. The van der Waals surface area contributed by atoms with E-state index in [2.05, 4.69) is 10.5 Å². The lowest BCUT2D eigenvalue weighted by atomic mass is 10.3. The Kier molecular flexibility index (Phi) is 5.18. The zero-order valence-corrected chi connectivity index (χ0v) is 11.9. The van der Waals surface area contributed by atoms with E-state index in [0.717, 1.165) is 12.3 Å². The molecule has 2 rings (SSSR count). The van der Waals surface area contributed by atoms with Crippen LogP contribution in [0.2, 0.25) is 0 Å². The zero-order valence-electron chi connectivity index (χ0n) is 11.9. The maximum absolute atomic E-state index is 11.5. The van der Waals surface area contributed by atoms with E-state index in [1.807, 2.05) is 0 Å². The molecule has 24 heavy (non-hydrogen) atoms. The van der Waals surface area contributed by atoms with Gasteiger partial charge in [-0.15, -0.1) is 0 Å². The van der Waals surface area contributed by atoms with Crippen molar-refractivity contribution in [3.8, 4) is 5.75 Å². The summed E-state index contributed by atoms with van der Waals surface area (Å²) in [4.78, 5) is 31.4. The summed E-state index contributed by atoms with van der Waals surface area (Å²) in [6.45, 7) is -0.500. The third kappa shape index (κ3) is 4.37. The lowest BCUT2D eigenvalue weighted by molar-refractivity contribution is -0.402. The summed E-state index contributed by atoms with van der Waals surface area (Å²) in [6, 6.07) is 8.05. The van der Waals surface area contributed by atoms with Crippen LogP contribution in [-0.2, 0) is 4.79 Å². The average Bonchev–Trinajstić information content (AvgIpc) is 3.02. The standard InChI is InChI=1S/C13H10N4O7/c18-12(8-23-11-4-2-1-3-10(11)16(19)20)15-14-7-9-5-6-13(24-9)17(21)22/h1-7H,8H2,(H,15,18). The van der Waals surface area contributed by atoms with Crippen molar-refractivity contribution in [2.24, 2.45) is 5.10 Å². The SMILES string of the molecule is O=C(COc1ccccc1[N+](=O)[O-])NN=Cc1ccc([N+](=O)[O-])o1. The molecule has 0 aliphatic heterocycles. The summed E-state index contributed by atoms with van der Waals surface area (Å²) >= 11 is 0. The van der Waals surface area contributed by atoms with Crippen molar-refractivity contribution >= 4 is 23.7 Å². The molecule has 0 aliphatic carbocycles. The summed E-state index contributed by atoms with van der Waals surface area (Å²) in [7, 11) is 0. The van der Waals surface area contributed by atoms with Crippen molar-refractivity contribution in [2.75, 3.05) is 6.61 Å². The molecule has 124 valence electrons. The Bertz CT molecular complexity index is 799. The number of furan rings is 1. The van der Waals surface area contributed by atoms with Gasteiger partial charge in [-0.2, -0.15) is 5.10 Å². The van der Waals surface area contributed by atoms with Gasteiger partial charge in [0.25, 0.3) is 5.91 Å². The lowest BCUT2D eigenvalue weighted by Gasteiger charge is -2.05. The molecule has 0 saturated heterocycles. The first-order chi connectivity index (χ1) is 11.5. The highest BCUT2D eigenvalue weighted by Crippen LogP contribution is 2.25. The number of benzene rings is 1. The van der Waals surface area contributed by atoms with Crippen LogP contribution in [0.1, 0.15) is 5.76 Å². The van der Waals surface area contributed by atoms with Crippen molar-refractivity contribution in [1.82, 2.24) is 5.43 Å². The number of rotatable bonds is 7. The molecule has 1 aromatic heterocycles. The first kappa shape index (κ1) is 16.6. The molecular formula is C13H10N4O7. The molecule has 0 unspecified atom stereocenters. The zero-order chi connectivity index (χ0) is 17.5. The van der Waals surface area contributed by atoms with Crippen LogP contribution in [0.15, 0.2) is 45.9 Å². The van der Waals surface area contributed by atoms with Gasteiger partial charge in [0.05, 0.1) is 17.2 Å². The van der Waals surface area contributed by atoms with E-state index in [4.69, 9.17) is 9.15 Å². The fourth-order valence-corrected chi connectivity index (χ4v) is 1.58. The number of nitro benzene ring substituents is 1. The van der Waals surface area contributed by atoms with Crippen molar-refractivity contribution in [3.05, 3.63) is 62.4 Å². The number of carbonyl (C=O) groups is 1. The molecule has 0 saturated carbocycles. The number of nitrogens with one attached hydrogen (secondary N) is 1. The molecule has 11 heteroatoms. The molecule has 0 radical (unpaired) electrons. The Hall–Kier alpha value is -3.76. The second-order valence-electron chi connectivity index (χ2n) is 4.24. The van der Waals surface area contributed by atoms with Gasteiger partial charge in [-0.1, -0.05) is 12.1 Å². The highest BCUT2D eigenvalue weighted by Gasteiger charge is 2.14. The summed E-state index contributed by atoms with van der Waals surface area (Å²) in [5.74, 6) is -1.11. The van der Waals surface area contributed by atoms with Crippen molar-refractivity contribution in [1.29, 1.82) is 0 Å². The van der Waals surface area contributed by atoms with Crippen LogP contribution in [0.4, 0.5) is 11.6 Å². The van der Waals surface area contributed by atoms with E-state index in [9.17, 15) is 25.0 Å². The van der Waals surface area contributed by atoms with E-state index in [1.165, 1.54) is 30.3 Å². The fourth-order valence-electron chi connectivity index (χ4n) is 1.58. The van der Waals surface area contributed by atoms with Gasteiger partial charge >= 0.3 is 11.6 Å². The largest absolute Gasteiger partial charge is 0.477 e. The van der Waals surface area contributed by atoms with Crippen molar-refractivity contribution in [2.45, 2.75) is 0 Å². The number of hydrazone groups is 1. The number of carbonyl (C=O) groups excluding carboxylic acids is 1. The van der Waals surface area contributed by atoms with E-state index in [-0.39, 0.29) is 17.2 Å². The van der Waals surface area contributed by atoms with Crippen molar-refractivity contribution < 1.29 is 23.8 Å². The van der Waals surface area contributed by atoms with Crippen LogP contribution in [-0.4, -0.2) is 28.6 Å². The Morgan fingerprint density at radius 2 is 1.96 bits per heavy atom. The number of hydrogen-bond donors (Lipinski definition) is 1.